The second-order valence-corrected chi connectivity index (χ2v) is 3.68. The maximum Gasteiger partial charge on any atom is 0.177 e. The summed E-state index contributed by atoms with van der Waals surface area (Å²) in [6, 6.07) is 0. The molecular weight excluding hydrogens is 180 g/mol. The Morgan fingerprint density at radius 1 is 1.29 bits per heavy atom. The van der Waals surface area contributed by atoms with Gasteiger partial charge in [0, 0.05) is 6.42 Å². The maximum atomic E-state index is 10.9. The normalized spacial score (nSPS) is 11.4. The molecule has 0 saturated carbocycles. The minimum Gasteiger partial charge on any atom is -0.411 e. The molecule has 14 heavy (non-hydrogen) atoms. The zero-order chi connectivity index (χ0) is 10.8. The van der Waals surface area contributed by atoms with Gasteiger partial charge in [-0.2, -0.15) is 0 Å². The van der Waals surface area contributed by atoms with Crippen molar-refractivity contribution in [3.8, 4) is 0 Å². The zero-order valence-electron chi connectivity index (χ0n) is 9.07. The summed E-state index contributed by atoms with van der Waals surface area (Å²) < 4.78 is 0. The van der Waals surface area contributed by atoms with E-state index in [0.29, 0.717) is 6.42 Å². The first-order chi connectivity index (χ1) is 6.66. The number of rotatable bonds is 8. The lowest BCUT2D eigenvalue weighted by atomic mass is 10.1. The van der Waals surface area contributed by atoms with E-state index in [2.05, 4.69) is 24.2 Å². The topological polar surface area (TPSA) is 52.9 Å². The van der Waals surface area contributed by atoms with E-state index in [9.17, 15) is 4.79 Å². The van der Waals surface area contributed by atoms with Gasteiger partial charge in [-0.05, 0) is 33.5 Å². The molecule has 0 fully saturated rings. The summed E-state index contributed by atoms with van der Waals surface area (Å²) in [4.78, 5) is 13.0. The molecule has 0 unspecified atom stereocenters. The number of ketones is 1. The van der Waals surface area contributed by atoms with Gasteiger partial charge in [-0.1, -0.05) is 18.0 Å². The van der Waals surface area contributed by atoms with E-state index in [1.54, 1.807) is 0 Å². The van der Waals surface area contributed by atoms with Crippen LogP contribution in [0, 0.1) is 0 Å². The smallest absolute Gasteiger partial charge is 0.177 e. The molecule has 0 spiro atoms. The van der Waals surface area contributed by atoms with Gasteiger partial charge >= 0.3 is 0 Å². The van der Waals surface area contributed by atoms with Crippen LogP contribution in [0.1, 0.15) is 32.1 Å². The number of nitrogens with zero attached hydrogens (tertiary/aromatic N) is 2. The Hall–Kier alpha value is -0.900. The maximum absolute atomic E-state index is 10.9. The molecule has 0 bridgehead atoms. The number of hydrogen-bond donors (Lipinski definition) is 1. The highest BCUT2D eigenvalue weighted by atomic mass is 16.4. The van der Waals surface area contributed by atoms with Crippen molar-refractivity contribution in [1.82, 2.24) is 4.90 Å². The fraction of sp³-hybridized carbons (Fsp3) is 0.800. The van der Waals surface area contributed by atoms with Gasteiger partial charge in [0.25, 0.3) is 0 Å². The first-order valence-corrected chi connectivity index (χ1v) is 5.02. The molecule has 0 amide bonds. The summed E-state index contributed by atoms with van der Waals surface area (Å²) >= 11 is 0. The molecule has 82 valence electrons. The van der Waals surface area contributed by atoms with Gasteiger partial charge in [-0.3, -0.25) is 4.79 Å². The first kappa shape index (κ1) is 13.1. The van der Waals surface area contributed by atoms with Crippen LogP contribution in [0.4, 0.5) is 0 Å². The highest BCUT2D eigenvalue weighted by Crippen LogP contribution is 2.03. The lowest BCUT2D eigenvalue weighted by Crippen LogP contribution is -2.12. The van der Waals surface area contributed by atoms with Gasteiger partial charge in [0.05, 0.1) is 0 Å². The second kappa shape index (κ2) is 8.69. The average molecular weight is 200 g/mol. The number of Topliss-reactive ketones (excluding diaryl/α,β-unsaturated/α-hetero) is 1. The average Bonchev–Trinajstić information content (AvgIpc) is 2.11. The summed E-state index contributed by atoms with van der Waals surface area (Å²) in [7, 11) is 4.11. The standard InChI is InChI=1S/C10H20N2O2/c1-12(2)8-6-4-3-5-7-10(13)9-11-14/h9,14H,3-8H2,1-2H3. The molecular formula is C10H20N2O2. The minimum absolute atomic E-state index is 0.0971. The summed E-state index contributed by atoms with van der Waals surface area (Å²) in [6.07, 6.45) is 5.75. The highest BCUT2D eigenvalue weighted by molar-refractivity contribution is 6.27. The van der Waals surface area contributed by atoms with E-state index in [4.69, 9.17) is 5.21 Å². The lowest BCUT2D eigenvalue weighted by molar-refractivity contribution is -0.112. The quantitative estimate of drug-likeness (QED) is 0.280. The third-order valence-electron chi connectivity index (χ3n) is 1.98. The van der Waals surface area contributed by atoms with Crippen molar-refractivity contribution < 1.29 is 10.0 Å². The van der Waals surface area contributed by atoms with Gasteiger partial charge in [-0.15, -0.1) is 0 Å². The molecule has 0 aromatic rings. The van der Waals surface area contributed by atoms with Crippen molar-refractivity contribution in [2.45, 2.75) is 32.1 Å². The minimum atomic E-state index is -0.0971. The lowest BCUT2D eigenvalue weighted by Gasteiger charge is -2.07. The Balaban J connectivity index is 3.17. The molecule has 0 aliphatic heterocycles. The number of unbranched alkanes of at least 4 members (excludes halogenated alkanes) is 3. The predicted octanol–water partition coefficient (Wildman–Crippen LogP) is 1.53. The number of oxime groups is 1. The Morgan fingerprint density at radius 2 is 1.93 bits per heavy atom. The van der Waals surface area contributed by atoms with E-state index in [1.165, 1.54) is 6.42 Å². The molecule has 0 atom stereocenters. The van der Waals surface area contributed by atoms with Crippen molar-refractivity contribution >= 4 is 12.0 Å². The van der Waals surface area contributed by atoms with Crippen LogP contribution in [0.25, 0.3) is 0 Å². The molecule has 0 aliphatic rings. The van der Waals surface area contributed by atoms with Crippen LogP contribution in [-0.2, 0) is 4.79 Å². The van der Waals surface area contributed by atoms with Crippen molar-refractivity contribution in [1.29, 1.82) is 0 Å². The Morgan fingerprint density at radius 3 is 2.50 bits per heavy atom. The Bertz CT molecular complexity index is 179. The fourth-order valence-electron chi connectivity index (χ4n) is 1.21. The van der Waals surface area contributed by atoms with Crippen LogP contribution in [-0.4, -0.2) is 42.7 Å². The Kier molecular flexibility index (Phi) is 8.13. The Labute approximate surface area is 85.6 Å². The van der Waals surface area contributed by atoms with Gasteiger partial charge in [0.2, 0.25) is 0 Å². The monoisotopic (exact) mass is 200 g/mol. The second-order valence-electron chi connectivity index (χ2n) is 3.68. The van der Waals surface area contributed by atoms with Crippen LogP contribution in [0.3, 0.4) is 0 Å². The molecule has 0 heterocycles. The molecule has 0 rings (SSSR count). The highest BCUT2D eigenvalue weighted by Gasteiger charge is 1.97. The molecule has 0 radical (unpaired) electrons. The van der Waals surface area contributed by atoms with Crippen LogP contribution in [0.5, 0.6) is 0 Å². The first-order valence-electron chi connectivity index (χ1n) is 5.02. The van der Waals surface area contributed by atoms with Crippen molar-refractivity contribution in [2.75, 3.05) is 20.6 Å². The van der Waals surface area contributed by atoms with E-state index >= 15 is 0 Å². The van der Waals surface area contributed by atoms with Crippen LogP contribution in [0.15, 0.2) is 5.16 Å². The molecule has 4 nitrogen and oxygen atoms in total. The van der Waals surface area contributed by atoms with E-state index < -0.39 is 0 Å². The predicted molar refractivity (Wildman–Crippen MR) is 56.9 cm³/mol. The number of carbonyl (C=O) groups is 1. The summed E-state index contributed by atoms with van der Waals surface area (Å²) in [5.41, 5.74) is 0. The van der Waals surface area contributed by atoms with Crippen molar-refractivity contribution in [2.24, 2.45) is 5.16 Å². The summed E-state index contributed by atoms with van der Waals surface area (Å²) in [5.74, 6) is -0.0971. The van der Waals surface area contributed by atoms with Gasteiger partial charge in [0.15, 0.2) is 5.78 Å². The molecule has 0 aromatic carbocycles. The van der Waals surface area contributed by atoms with Crippen molar-refractivity contribution in [3.63, 3.8) is 0 Å². The van der Waals surface area contributed by atoms with Gasteiger partial charge in [-0.25, -0.2) is 0 Å². The molecule has 0 aliphatic carbocycles. The zero-order valence-corrected chi connectivity index (χ0v) is 9.07. The molecule has 4 heteroatoms. The number of carbonyl (C=O) groups excluding carboxylic acids is 1. The van der Waals surface area contributed by atoms with Crippen LogP contribution >= 0.6 is 0 Å². The van der Waals surface area contributed by atoms with E-state index in [-0.39, 0.29) is 5.78 Å². The SMILES string of the molecule is CN(C)CCCCCCC(=O)C=NO. The van der Waals surface area contributed by atoms with Crippen LogP contribution < -0.4 is 0 Å². The third kappa shape index (κ3) is 9.19. The third-order valence-corrected chi connectivity index (χ3v) is 1.98. The fourth-order valence-corrected chi connectivity index (χ4v) is 1.21. The van der Waals surface area contributed by atoms with E-state index in [1.807, 2.05) is 0 Å². The van der Waals surface area contributed by atoms with Gasteiger partial charge < -0.3 is 10.1 Å². The van der Waals surface area contributed by atoms with Crippen LogP contribution in [0.2, 0.25) is 0 Å². The number of hydrogen-bond acceptors (Lipinski definition) is 4. The largest absolute Gasteiger partial charge is 0.411 e. The van der Waals surface area contributed by atoms with Crippen molar-refractivity contribution in [3.05, 3.63) is 0 Å². The summed E-state index contributed by atoms with van der Waals surface area (Å²) in [5, 5.41) is 10.8. The van der Waals surface area contributed by atoms with E-state index in [0.717, 1.165) is 32.0 Å². The van der Waals surface area contributed by atoms with Gasteiger partial charge in [0.1, 0.15) is 6.21 Å². The molecule has 0 saturated heterocycles. The molecule has 0 aromatic heterocycles. The summed E-state index contributed by atoms with van der Waals surface area (Å²) in [6.45, 7) is 1.10. The molecule has 1 N–H and O–H groups in total.